The molecule has 23 heavy (non-hydrogen) atoms. The molecule has 1 aromatic carbocycles. The zero-order chi connectivity index (χ0) is 16.4. The minimum Gasteiger partial charge on any atom is -0.354 e. The van der Waals surface area contributed by atoms with E-state index < -0.39 is 0 Å². The van der Waals surface area contributed by atoms with Crippen molar-refractivity contribution in [2.75, 3.05) is 20.6 Å². The molecule has 1 aromatic heterocycles. The Labute approximate surface area is 137 Å². The van der Waals surface area contributed by atoms with Gasteiger partial charge in [-0.25, -0.2) is 0 Å². The number of nitrogens with zero attached hydrogens (tertiary/aromatic N) is 3. The Kier molecular flexibility index (Phi) is 4.48. The second kappa shape index (κ2) is 6.54. The number of rotatable bonds is 6. The van der Waals surface area contributed by atoms with E-state index in [0.29, 0.717) is 12.5 Å². The van der Waals surface area contributed by atoms with Crippen molar-refractivity contribution in [3.8, 4) is 0 Å². The summed E-state index contributed by atoms with van der Waals surface area (Å²) in [5.74, 6) is 0.663. The molecule has 1 aliphatic carbocycles. The second-order valence-electron chi connectivity index (χ2n) is 6.53. The van der Waals surface area contributed by atoms with Crippen LogP contribution in [-0.4, -0.2) is 41.2 Å². The molecule has 0 unspecified atom stereocenters. The number of benzene rings is 1. The van der Waals surface area contributed by atoms with Crippen LogP contribution in [-0.2, 0) is 11.8 Å². The molecule has 1 heterocycles. The summed E-state index contributed by atoms with van der Waals surface area (Å²) in [5, 5.41) is 7.34. The highest BCUT2D eigenvalue weighted by atomic mass is 16.2. The second-order valence-corrected chi connectivity index (χ2v) is 6.53. The zero-order valence-corrected chi connectivity index (χ0v) is 13.9. The van der Waals surface area contributed by atoms with Gasteiger partial charge in [-0.3, -0.25) is 9.48 Å². The molecule has 0 saturated heterocycles. The molecule has 3 rings (SSSR count). The highest BCUT2D eigenvalue weighted by Crippen LogP contribution is 2.47. The predicted octanol–water partition coefficient (Wildman–Crippen LogP) is 1.94. The molecule has 122 valence electrons. The lowest BCUT2D eigenvalue weighted by Gasteiger charge is -2.23. The normalized spacial score (nSPS) is 21.2. The van der Waals surface area contributed by atoms with Gasteiger partial charge < -0.3 is 10.2 Å². The van der Waals surface area contributed by atoms with Gasteiger partial charge in [0.05, 0.1) is 12.2 Å². The molecule has 5 heteroatoms. The fourth-order valence-corrected chi connectivity index (χ4v) is 3.09. The Balaban J connectivity index is 1.56. The Bertz CT molecular complexity index is 665. The Morgan fingerprint density at radius 3 is 2.74 bits per heavy atom. The summed E-state index contributed by atoms with van der Waals surface area (Å²) in [4.78, 5) is 14.5. The molecular weight excluding hydrogens is 288 g/mol. The molecule has 0 bridgehead atoms. The van der Waals surface area contributed by atoms with Gasteiger partial charge in [-0.05, 0) is 32.0 Å². The van der Waals surface area contributed by atoms with E-state index in [1.807, 2.05) is 51.7 Å². The maximum absolute atomic E-state index is 12.4. The Hall–Kier alpha value is -2.14. The molecule has 1 aliphatic rings. The minimum atomic E-state index is 0.120. The van der Waals surface area contributed by atoms with E-state index in [1.54, 1.807) is 4.68 Å². The van der Waals surface area contributed by atoms with Gasteiger partial charge in [-0.1, -0.05) is 30.3 Å². The fraction of sp³-hybridized carbons (Fsp3) is 0.444. The third-order valence-electron chi connectivity index (χ3n) is 4.56. The van der Waals surface area contributed by atoms with Crippen LogP contribution in [0.2, 0.25) is 0 Å². The average Bonchev–Trinajstić information content (AvgIpc) is 3.24. The van der Waals surface area contributed by atoms with Crippen molar-refractivity contribution in [1.29, 1.82) is 0 Å². The molecule has 5 nitrogen and oxygen atoms in total. The summed E-state index contributed by atoms with van der Waals surface area (Å²) < 4.78 is 1.79. The summed E-state index contributed by atoms with van der Waals surface area (Å²) in [7, 11) is 5.95. The van der Waals surface area contributed by atoms with Gasteiger partial charge >= 0.3 is 0 Å². The van der Waals surface area contributed by atoms with Crippen molar-refractivity contribution < 1.29 is 4.79 Å². The van der Waals surface area contributed by atoms with Crippen molar-refractivity contribution >= 4 is 5.91 Å². The maximum atomic E-state index is 12.4. The SMILES string of the molecule is CN(C)[C@H](CNC(=O)[C@H]1C[C@@H]1c1ccccc1)c1cnn(C)c1. The highest BCUT2D eigenvalue weighted by molar-refractivity contribution is 5.82. The Morgan fingerprint density at radius 2 is 2.13 bits per heavy atom. The van der Waals surface area contributed by atoms with Crippen molar-refractivity contribution in [2.24, 2.45) is 13.0 Å². The third-order valence-corrected chi connectivity index (χ3v) is 4.56. The molecule has 3 atom stereocenters. The van der Waals surface area contributed by atoms with Crippen LogP contribution in [0.5, 0.6) is 0 Å². The maximum Gasteiger partial charge on any atom is 0.223 e. The molecule has 0 radical (unpaired) electrons. The number of amides is 1. The smallest absolute Gasteiger partial charge is 0.223 e. The van der Waals surface area contributed by atoms with Crippen LogP contribution in [0.15, 0.2) is 42.7 Å². The average molecular weight is 312 g/mol. The fourth-order valence-electron chi connectivity index (χ4n) is 3.09. The number of nitrogens with one attached hydrogen (secondary N) is 1. The van der Waals surface area contributed by atoms with Gasteiger partial charge in [0.1, 0.15) is 0 Å². The van der Waals surface area contributed by atoms with E-state index in [4.69, 9.17) is 0 Å². The number of carbonyl (C=O) groups excluding carboxylic acids is 1. The molecular formula is C18H24N4O. The predicted molar refractivity (Wildman–Crippen MR) is 89.9 cm³/mol. The first-order chi connectivity index (χ1) is 11.1. The van der Waals surface area contributed by atoms with Crippen LogP contribution >= 0.6 is 0 Å². The van der Waals surface area contributed by atoms with Crippen LogP contribution in [0.3, 0.4) is 0 Å². The summed E-state index contributed by atoms with van der Waals surface area (Å²) in [6, 6.07) is 10.4. The summed E-state index contributed by atoms with van der Waals surface area (Å²) in [5.41, 5.74) is 2.39. The van der Waals surface area contributed by atoms with E-state index in [9.17, 15) is 4.79 Å². The van der Waals surface area contributed by atoms with Gasteiger partial charge in [0, 0.05) is 31.3 Å². The summed E-state index contributed by atoms with van der Waals surface area (Å²) in [6.07, 6.45) is 4.82. The first kappa shape index (κ1) is 15.7. The molecule has 0 spiro atoms. The molecule has 1 fully saturated rings. The van der Waals surface area contributed by atoms with Crippen LogP contribution in [0.1, 0.15) is 29.5 Å². The van der Waals surface area contributed by atoms with E-state index >= 15 is 0 Å². The summed E-state index contributed by atoms with van der Waals surface area (Å²) in [6.45, 7) is 0.607. The number of hydrogen-bond donors (Lipinski definition) is 1. The summed E-state index contributed by atoms with van der Waals surface area (Å²) >= 11 is 0. The first-order valence-corrected chi connectivity index (χ1v) is 8.04. The quantitative estimate of drug-likeness (QED) is 0.887. The number of aromatic nitrogens is 2. The number of hydrogen-bond acceptors (Lipinski definition) is 3. The molecule has 1 saturated carbocycles. The first-order valence-electron chi connectivity index (χ1n) is 8.04. The van der Waals surface area contributed by atoms with Crippen LogP contribution in [0, 0.1) is 5.92 Å². The lowest BCUT2D eigenvalue weighted by Crippen LogP contribution is -2.35. The zero-order valence-electron chi connectivity index (χ0n) is 13.9. The molecule has 1 N–H and O–H groups in total. The van der Waals surface area contributed by atoms with Gasteiger partial charge in [0.25, 0.3) is 0 Å². The van der Waals surface area contributed by atoms with Crippen molar-refractivity contribution in [1.82, 2.24) is 20.0 Å². The third kappa shape index (κ3) is 3.62. The topological polar surface area (TPSA) is 50.2 Å². The van der Waals surface area contributed by atoms with E-state index in [-0.39, 0.29) is 17.9 Å². The van der Waals surface area contributed by atoms with Gasteiger partial charge in [0.2, 0.25) is 5.91 Å². The Morgan fingerprint density at radius 1 is 1.39 bits per heavy atom. The monoisotopic (exact) mass is 312 g/mol. The number of likely N-dealkylation sites (N-methyl/N-ethyl adjacent to an activating group) is 1. The molecule has 1 amide bonds. The lowest BCUT2D eigenvalue weighted by molar-refractivity contribution is -0.122. The van der Waals surface area contributed by atoms with Crippen LogP contribution in [0.25, 0.3) is 0 Å². The number of carbonyl (C=O) groups is 1. The standard InChI is InChI=1S/C18H24N4O/c1-21(2)17(14-10-20-22(3)12-14)11-19-18(23)16-9-15(16)13-7-5-4-6-8-13/h4-8,10,12,15-17H,9,11H2,1-3H3,(H,19,23)/t15-,16+,17-/m1/s1. The van der Waals surface area contributed by atoms with E-state index in [2.05, 4.69) is 27.4 Å². The van der Waals surface area contributed by atoms with Crippen molar-refractivity contribution in [2.45, 2.75) is 18.4 Å². The molecule has 0 aliphatic heterocycles. The van der Waals surface area contributed by atoms with E-state index in [1.165, 1.54) is 5.56 Å². The largest absolute Gasteiger partial charge is 0.354 e. The van der Waals surface area contributed by atoms with Crippen molar-refractivity contribution in [3.63, 3.8) is 0 Å². The van der Waals surface area contributed by atoms with Gasteiger partial charge in [-0.2, -0.15) is 5.10 Å². The van der Waals surface area contributed by atoms with Crippen molar-refractivity contribution in [3.05, 3.63) is 53.9 Å². The van der Waals surface area contributed by atoms with Gasteiger partial charge in [0.15, 0.2) is 0 Å². The molecule has 2 aromatic rings. The van der Waals surface area contributed by atoms with Crippen LogP contribution < -0.4 is 5.32 Å². The minimum absolute atomic E-state index is 0.120. The van der Waals surface area contributed by atoms with Gasteiger partial charge in [-0.15, -0.1) is 0 Å². The van der Waals surface area contributed by atoms with Crippen LogP contribution in [0.4, 0.5) is 0 Å². The van der Waals surface area contributed by atoms with E-state index in [0.717, 1.165) is 12.0 Å². The number of aryl methyl sites for hydroxylation is 1. The lowest BCUT2D eigenvalue weighted by atomic mass is 10.1. The highest BCUT2D eigenvalue weighted by Gasteiger charge is 2.43.